The fourth-order valence-corrected chi connectivity index (χ4v) is 2.66. The van der Waals surface area contributed by atoms with Gasteiger partial charge in [0.15, 0.2) is 0 Å². The molecule has 0 spiro atoms. The summed E-state index contributed by atoms with van der Waals surface area (Å²) in [6.07, 6.45) is 6.57. The number of rotatable bonds is 6. The lowest BCUT2D eigenvalue weighted by Gasteiger charge is -2.47. The Bertz CT molecular complexity index is 543. The average Bonchev–Trinajstić information content (AvgIpc) is 2.44. The van der Waals surface area contributed by atoms with Crippen LogP contribution in [0.15, 0.2) is 23.8 Å². The highest BCUT2D eigenvalue weighted by molar-refractivity contribution is 5.35. The molecule has 1 aliphatic carbocycles. The zero-order valence-corrected chi connectivity index (χ0v) is 18.9. The highest BCUT2D eigenvalue weighted by Crippen LogP contribution is 2.47. The van der Waals surface area contributed by atoms with Crippen LogP contribution in [-0.4, -0.2) is 22.4 Å². The molecule has 26 heavy (non-hydrogen) atoms. The topological polar surface area (TPSA) is 36.9 Å². The predicted molar refractivity (Wildman–Crippen MR) is 106 cm³/mol. The van der Waals surface area contributed by atoms with Gasteiger partial charge in [0, 0.05) is 5.41 Å². The Morgan fingerprint density at radius 3 is 1.65 bits per heavy atom. The molecule has 2 atom stereocenters. The first-order chi connectivity index (χ1) is 11.4. The molecule has 0 saturated heterocycles. The third-order valence-electron chi connectivity index (χ3n) is 4.98. The summed E-state index contributed by atoms with van der Waals surface area (Å²) in [7, 11) is 0. The lowest BCUT2D eigenvalue weighted by Crippen LogP contribution is -2.48. The van der Waals surface area contributed by atoms with Crippen molar-refractivity contribution < 1.29 is 19.6 Å². The van der Waals surface area contributed by atoms with Crippen molar-refractivity contribution in [3.63, 3.8) is 0 Å². The second kappa shape index (κ2) is 7.38. The van der Waals surface area contributed by atoms with Gasteiger partial charge in [0.05, 0.1) is 11.2 Å². The standard InChI is InChI=1S/C22H40O4/c1-16-15-17(20(8,9)25-23-18(2,3)4)13-14-22(16,12)21(10,11)26-24-19(5,6)7/h13-16H,1-12H3. The smallest absolute Gasteiger partial charge is 0.123 e. The zero-order chi connectivity index (χ0) is 20.6. The van der Waals surface area contributed by atoms with Gasteiger partial charge in [-0.2, -0.15) is 0 Å². The van der Waals surface area contributed by atoms with E-state index in [1.54, 1.807) is 0 Å². The quantitative estimate of drug-likeness (QED) is 0.414. The van der Waals surface area contributed by atoms with E-state index in [1.807, 2.05) is 55.4 Å². The van der Waals surface area contributed by atoms with Gasteiger partial charge in [-0.3, -0.25) is 0 Å². The van der Waals surface area contributed by atoms with Crippen LogP contribution in [0.1, 0.15) is 83.1 Å². The minimum atomic E-state index is -0.535. The van der Waals surface area contributed by atoms with Crippen molar-refractivity contribution in [1.29, 1.82) is 0 Å². The SMILES string of the molecule is CC1C=C(C(C)(C)OOC(C)(C)C)C=CC1(C)C(C)(C)OOC(C)(C)C. The molecule has 1 aliphatic rings. The zero-order valence-electron chi connectivity index (χ0n) is 18.9. The fourth-order valence-electron chi connectivity index (χ4n) is 2.66. The van der Waals surface area contributed by atoms with Crippen molar-refractivity contribution in [2.75, 3.05) is 0 Å². The molecule has 0 N–H and O–H groups in total. The Labute approximate surface area is 160 Å². The van der Waals surface area contributed by atoms with E-state index in [0.717, 1.165) is 5.57 Å². The monoisotopic (exact) mass is 368 g/mol. The van der Waals surface area contributed by atoms with Gasteiger partial charge in [-0.25, -0.2) is 19.6 Å². The Hall–Kier alpha value is -0.680. The Morgan fingerprint density at radius 2 is 1.23 bits per heavy atom. The van der Waals surface area contributed by atoms with Crippen molar-refractivity contribution in [1.82, 2.24) is 0 Å². The van der Waals surface area contributed by atoms with Crippen LogP contribution in [0.4, 0.5) is 0 Å². The van der Waals surface area contributed by atoms with E-state index in [4.69, 9.17) is 19.6 Å². The Kier molecular flexibility index (Phi) is 6.63. The van der Waals surface area contributed by atoms with Crippen LogP contribution in [0.25, 0.3) is 0 Å². The Balaban J connectivity index is 2.96. The maximum absolute atomic E-state index is 5.88. The van der Waals surface area contributed by atoms with Crippen LogP contribution in [0.5, 0.6) is 0 Å². The molecule has 0 saturated carbocycles. The predicted octanol–water partition coefficient (Wildman–Crippen LogP) is 6.18. The molecule has 0 fully saturated rings. The molecule has 0 aliphatic heterocycles. The molecule has 0 heterocycles. The van der Waals surface area contributed by atoms with Crippen molar-refractivity contribution >= 4 is 0 Å². The normalized spacial score (nSPS) is 25.4. The molecule has 4 heteroatoms. The fraction of sp³-hybridized carbons (Fsp3) is 0.818. The van der Waals surface area contributed by atoms with Gasteiger partial charge in [0.2, 0.25) is 0 Å². The molecule has 2 unspecified atom stereocenters. The summed E-state index contributed by atoms with van der Waals surface area (Å²) < 4.78 is 0. The summed E-state index contributed by atoms with van der Waals surface area (Å²) in [5, 5.41) is 0. The molecule has 0 radical (unpaired) electrons. The highest BCUT2D eigenvalue weighted by Gasteiger charge is 2.47. The number of allylic oxidation sites excluding steroid dienone is 1. The van der Waals surface area contributed by atoms with Crippen molar-refractivity contribution in [3.05, 3.63) is 23.8 Å². The van der Waals surface area contributed by atoms with E-state index in [1.165, 1.54) is 0 Å². The molecule has 1 rings (SSSR count). The van der Waals surface area contributed by atoms with E-state index in [9.17, 15) is 0 Å². The second-order valence-corrected chi connectivity index (χ2v) is 10.6. The van der Waals surface area contributed by atoms with Gasteiger partial charge < -0.3 is 0 Å². The Morgan fingerprint density at radius 1 is 0.769 bits per heavy atom. The molecular weight excluding hydrogens is 328 g/mol. The van der Waals surface area contributed by atoms with Gasteiger partial charge in [-0.1, -0.05) is 32.1 Å². The van der Waals surface area contributed by atoms with E-state index in [2.05, 4.69) is 45.9 Å². The minimum Gasteiger partial charge on any atom is -0.230 e. The maximum atomic E-state index is 5.88. The lowest BCUT2D eigenvalue weighted by molar-refractivity contribution is -0.414. The lowest BCUT2D eigenvalue weighted by atomic mass is 9.63. The van der Waals surface area contributed by atoms with Gasteiger partial charge in [-0.15, -0.1) is 0 Å². The van der Waals surface area contributed by atoms with Gasteiger partial charge in [-0.05, 0) is 80.7 Å². The average molecular weight is 369 g/mol. The van der Waals surface area contributed by atoms with Crippen LogP contribution in [0, 0.1) is 11.3 Å². The summed E-state index contributed by atoms with van der Waals surface area (Å²) in [4.78, 5) is 22.8. The van der Waals surface area contributed by atoms with Gasteiger partial charge in [0.25, 0.3) is 0 Å². The minimum absolute atomic E-state index is 0.220. The molecule has 0 aromatic carbocycles. The first-order valence-corrected chi connectivity index (χ1v) is 9.55. The van der Waals surface area contributed by atoms with Crippen LogP contribution in [0.2, 0.25) is 0 Å². The summed E-state index contributed by atoms with van der Waals surface area (Å²) in [6, 6.07) is 0. The van der Waals surface area contributed by atoms with E-state index >= 15 is 0 Å². The summed E-state index contributed by atoms with van der Waals surface area (Å²) >= 11 is 0. The van der Waals surface area contributed by atoms with Crippen molar-refractivity contribution in [2.45, 2.75) is 105 Å². The van der Waals surface area contributed by atoms with Crippen molar-refractivity contribution in [3.8, 4) is 0 Å². The second-order valence-electron chi connectivity index (χ2n) is 10.6. The summed E-state index contributed by atoms with van der Waals surface area (Å²) in [6.45, 7) is 24.5. The first kappa shape index (κ1) is 23.4. The van der Waals surface area contributed by atoms with Crippen LogP contribution < -0.4 is 0 Å². The first-order valence-electron chi connectivity index (χ1n) is 9.55. The molecular formula is C22H40O4. The summed E-state index contributed by atoms with van der Waals surface area (Å²) in [5.41, 5.74) is -0.855. The van der Waals surface area contributed by atoms with E-state index < -0.39 is 11.2 Å². The molecule has 4 nitrogen and oxygen atoms in total. The van der Waals surface area contributed by atoms with Crippen LogP contribution in [0.3, 0.4) is 0 Å². The number of hydrogen-bond acceptors (Lipinski definition) is 4. The largest absolute Gasteiger partial charge is 0.230 e. The van der Waals surface area contributed by atoms with E-state index in [0.29, 0.717) is 0 Å². The maximum Gasteiger partial charge on any atom is 0.123 e. The number of hydrogen-bond donors (Lipinski definition) is 0. The molecule has 0 aromatic heterocycles. The summed E-state index contributed by atoms with van der Waals surface area (Å²) in [5.74, 6) is 0.235. The molecule has 0 bridgehead atoms. The van der Waals surface area contributed by atoms with Gasteiger partial charge >= 0.3 is 0 Å². The van der Waals surface area contributed by atoms with Crippen molar-refractivity contribution in [2.24, 2.45) is 11.3 Å². The highest BCUT2D eigenvalue weighted by atomic mass is 17.2. The molecule has 0 amide bonds. The third-order valence-corrected chi connectivity index (χ3v) is 4.98. The molecule has 152 valence electrons. The van der Waals surface area contributed by atoms with Crippen LogP contribution >= 0.6 is 0 Å². The van der Waals surface area contributed by atoms with Gasteiger partial charge in [0.1, 0.15) is 11.2 Å². The third kappa shape index (κ3) is 5.91. The molecule has 0 aromatic rings. The van der Waals surface area contributed by atoms with E-state index in [-0.39, 0.29) is 22.5 Å². The van der Waals surface area contributed by atoms with Crippen LogP contribution in [-0.2, 0) is 19.6 Å².